The molecule has 0 spiro atoms. The molecule has 6 heteroatoms. The molecule has 1 unspecified atom stereocenters. The molecule has 0 aliphatic carbocycles. The molecule has 1 fully saturated rings. The van der Waals surface area contributed by atoms with Crippen LogP contribution in [0.15, 0.2) is 0 Å². The van der Waals surface area contributed by atoms with E-state index in [4.69, 9.17) is 14.8 Å². The third-order valence-corrected chi connectivity index (χ3v) is 1.75. The first-order valence-corrected chi connectivity index (χ1v) is 4.97. The summed E-state index contributed by atoms with van der Waals surface area (Å²) >= 11 is 0. The molecule has 87 valence electrons. The van der Waals surface area contributed by atoms with Gasteiger partial charge >= 0.3 is 13.7 Å². The number of hydrogen-bond acceptors (Lipinski definition) is 5. The van der Waals surface area contributed by atoms with E-state index in [1.165, 1.54) is 0 Å². The summed E-state index contributed by atoms with van der Waals surface area (Å²) in [5.74, 6) is -0.111. The van der Waals surface area contributed by atoms with Crippen LogP contribution in [0, 0.1) is 0 Å². The second-order valence-corrected chi connectivity index (χ2v) is 4.30. The zero-order valence-electron chi connectivity index (χ0n) is 9.49. The van der Waals surface area contributed by atoms with E-state index in [9.17, 15) is 4.79 Å². The third kappa shape index (κ3) is 7.36. The molecule has 0 aromatic rings. The Kier molecular flexibility index (Phi) is 6.55. The van der Waals surface area contributed by atoms with Gasteiger partial charge in [0.15, 0.2) is 0 Å². The van der Waals surface area contributed by atoms with E-state index in [1.54, 1.807) is 0 Å². The van der Waals surface area contributed by atoms with E-state index < -0.39 is 0 Å². The van der Waals surface area contributed by atoms with Crippen molar-refractivity contribution in [2.75, 3.05) is 6.54 Å². The number of carbonyl (C=O) groups is 1. The van der Waals surface area contributed by atoms with E-state index in [0.29, 0.717) is 0 Å². The maximum Gasteiger partial charge on any atom is 0.482 e. The van der Waals surface area contributed by atoms with Crippen LogP contribution in [0.1, 0.15) is 33.6 Å². The van der Waals surface area contributed by atoms with Crippen molar-refractivity contribution in [2.24, 2.45) is 0 Å². The molecular formula is C9H19BNO4. The number of ether oxygens (including phenoxy) is 1. The van der Waals surface area contributed by atoms with Crippen molar-refractivity contribution in [3.05, 3.63) is 0 Å². The fraction of sp³-hybridized carbons (Fsp3) is 0.889. The Bertz CT molecular complexity index is 187. The zero-order valence-corrected chi connectivity index (χ0v) is 9.49. The minimum atomic E-state index is -0.360. The Balaban J connectivity index is 0.000000583. The van der Waals surface area contributed by atoms with Crippen LogP contribution in [-0.4, -0.2) is 41.9 Å². The van der Waals surface area contributed by atoms with Crippen molar-refractivity contribution in [1.82, 2.24) is 5.32 Å². The van der Waals surface area contributed by atoms with Gasteiger partial charge in [0.1, 0.15) is 11.6 Å². The lowest BCUT2D eigenvalue weighted by molar-refractivity contribution is -0.157. The highest BCUT2D eigenvalue weighted by molar-refractivity contribution is 6.13. The van der Waals surface area contributed by atoms with Crippen LogP contribution in [-0.2, 0) is 9.53 Å². The SMILES string of the molecule is CC(C)(C)OC(=O)C1CCCN1.O[B]O. The van der Waals surface area contributed by atoms with Gasteiger partial charge < -0.3 is 20.1 Å². The maximum atomic E-state index is 11.4. The van der Waals surface area contributed by atoms with Gasteiger partial charge in [-0.05, 0) is 40.2 Å². The number of hydrogen-bond donors (Lipinski definition) is 3. The van der Waals surface area contributed by atoms with Crippen molar-refractivity contribution in [3.8, 4) is 0 Å². The topological polar surface area (TPSA) is 78.8 Å². The molecule has 0 aromatic carbocycles. The molecule has 5 nitrogen and oxygen atoms in total. The molecule has 0 aromatic heterocycles. The van der Waals surface area contributed by atoms with Crippen LogP contribution in [0.3, 0.4) is 0 Å². The Morgan fingerprint density at radius 1 is 1.47 bits per heavy atom. The Hall–Kier alpha value is -0.585. The predicted molar refractivity (Wildman–Crippen MR) is 57.1 cm³/mol. The summed E-state index contributed by atoms with van der Waals surface area (Å²) in [5, 5.41) is 17.1. The fourth-order valence-corrected chi connectivity index (χ4v) is 1.26. The van der Waals surface area contributed by atoms with Crippen molar-refractivity contribution in [1.29, 1.82) is 0 Å². The molecule has 0 bridgehead atoms. The van der Waals surface area contributed by atoms with Gasteiger partial charge in [-0.25, -0.2) is 0 Å². The van der Waals surface area contributed by atoms with Crippen LogP contribution in [0.2, 0.25) is 0 Å². The van der Waals surface area contributed by atoms with E-state index in [1.807, 2.05) is 20.8 Å². The lowest BCUT2D eigenvalue weighted by Crippen LogP contribution is -2.37. The lowest BCUT2D eigenvalue weighted by Gasteiger charge is -2.21. The molecule has 1 aliphatic heterocycles. The normalized spacial score (nSPS) is 20.2. The van der Waals surface area contributed by atoms with Gasteiger partial charge in [0, 0.05) is 0 Å². The van der Waals surface area contributed by atoms with Gasteiger partial charge in [-0.1, -0.05) is 0 Å². The van der Waals surface area contributed by atoms with Gasteiger partial charge in [0.2, 0.25) is 0 Å². The molecule has 15 heavy (non-hydrogen) atoms. The molecule has 0 amide bonds. The molecule has 1 radical (unpaired) electrons. The second kappa shape index (κ2) is 6.82. The molecule has 1 saturated heterocycles. The van der Waals surface area contributed by atoms with Crippen molar-refractivity contribution < 1.29 is 19.6 Å². The monoisotopic (exact) mass is 216 g/mol. The van der Waals surface area contributed by atoms with Crippen LogP contribution in [0.5, 0.6) is 0 Å². The van der Waals surface area contributed by atoms with Gasteiger partial charge in [-0.3, -0.25) is 4.79 Å². The van der Waals surface area contributed by atoms with Gasteiger partial charge in [0.25, 0.3) is 0 Å². The number of nitrogens with one attached hydrogen (secondary N) is 1. The Morgan fingerprint density at radius 2 is 2.00 bits per heavy atom. The van der Waals surface area contributed by atoms with Gasteiger partial charge in [-0.2, -0.15) is 0 Å². The summed E-state index contributed by atoms with van der Waals surface area (Å²) in [4.78, 5) is 11.4. The summed E-state index contributed by atoms with van der Waals surface area (Å²) in [7, 11) is 0. The van der Waals surface area contributed by atoms with Crippen LogP contribution in [0.25, 0.3) is 0 Å². The molecule has 1 atom stereocenters. The molecule has 1 heterocycles. The van der Waals surface area contributed by atoms with E-state index in [2.05, 4.69) is 5.32 Å². The number of esters is 1. The smallest absolute Gasteiger partial charge is 0.459 e. The predicted octanol–water partition coefficient (Wildman–Crippen LogP) is -0.415. The first-order chi connectivity index (χ1) is 6.90. The minimum Gasteiger partial charge on any atom is -0.459 e. The van der Waals surface area contributed by atoms with Crippen molar-refractivity contribution in [3.63, 3.8) is 0 Å². The van der Waals surface area contributed by atoms with Crippen molar-refractivity contribution >= 4 is 13.7 Å². The quantitative estimate of drug-likeness (QED) is 0.410. The average molecular weight is 216 g/mol. The minimum absolute atomic E-state index is 0. The van der Waals surface area contributed by atoms with Crippen LogP contribution in [0.4, 0.5) is 0 Å². The molecule has 0 saturated carbocycles. The highest BCUT2D eigenvalue weighted by Crippen LogP contribution is 2.12. The maximum absolute atomic E-state index is 11.4. The fourth-order valence-electron chi connectivity index (χ4n) is 1.26. The first kappa shape index (κ1) is 14.4. The van der Waals surface area contributed by atoms with Crippen LogP contribution < -0.4 is 5.32 Å². The van der Waals surface area contributed by atoms with Gasteiger partial charge in [0.05, 0.1) is 0 Å². The molecule has 1 aliphatic rings. The summed E-state index contributed by atoms with van der Waals surface area (Å²) in [6.45, 7) is 6.60. The van der Waals surface area contributed by atoms with Crippen LogP contribution >= 0.6 is 0 Å². The summed E-state index contributed by atoms with van der Waals surface area (Å²) in [6.07, 6.45) is 1.98. The first-order valence-electron chi connectivity index (χ1n) is 4.97. The second-order valence-electron chi connectivity index (χ2n) is 4.30. The molecular weight excluding hydrogens is 197 g/mol. The third-order valence-electron chi connectivity index (χ3n) is 1.75. The van der Waals surface area contributed by atoms with E-state index in [-0.39, 0.29) is 25.3 Å². The Morgan fingerprint density at radius 3 is 2.33 bits per heavy atom. The Labute approximate surface area is 91.1 Å². The lowest BCUT2D eigenvalue weighted by atomic mass is 10.2. The average Bonchev–Trinajstić information content (AvgIpc) is 2.53. The molecule has 1 rings (SSSR count). The van der Waals surface area contributed by atoms with E-state index in [0.717, 1.165) is 19.4 Å². The zero-order chi connectivity index (χ0) is 11.9. The standard InChI is InChI=1S/C9H17NO2.BH2O2/c1-9(2,3)12-8(11)7-5-4-6-10-7;2-1-3/h7,10H,4-6H2,1-3H3;2-3H. The largest absolute Gasteiger partial charge is 0.482 e. The van der Waals surface area contributed by atoms with Crippen molar-refractivity contribution in [2.45, 2.75) is 45.3 Å². The van der Waals surface area contributed by atoms with Gasteiger partial charge in [-0.15, -0.1) is 0 Å². The summed E-state index contributed by atoms with van der Waals surface area (Å²) in [5.41, 5.74) is -0.360. The molecule has 3 N–H and O–H groups in total. The van der Waals surface area contributed by atoms with E-state index >= 15 is 0 Å². The number of rotatable bonds is 1. The number of carbonyl (C=O) groups excluding carboxylic acids is 1. The highest BCUT2D eigenvalue weighted by Gasteiger charge is 2.26. The summed E-state index contributed by atoms with van der Waals surface area (Å²) in [6, 6.07) is -0.0655. The summed E-state index contributed by atoms with van der Waals surface area (Å²) < 4.78 is 5.22. The highest BCUT2D eigenvalue weighted by atomic mass is 16.6.